The number of aliphatic hydroxyl groups excluding tert-OH is 2. The normalized spacial score (nSPS) is 21.9. The van der Waals surface area contributed by atoms with Crippen LogP contribution in [0.4, 0.5) is 11.5 Å². The fourth-order valence-corrected chi connectivity index (χ4v) is 5.67. The molecular formula is C23H28IN5O6. The van der Waals surface area contributed by atoms with E-state index in [-0.39, 0.29) is 40.0 Å². The van der Waals surface area contributed by atoms with E-state index in [1.165, 1.54) is 12.4 Å². The molecule has 1 aliphatic heterocycles. The van der Waals surface area contributed by atoms with Gasteiger partial charge in [0.05, 0.1) is 35.2 Å². The van der Waals surface area contributed by atoms with Gasteiger partial charge in [0, 0.05) is 28.2 Å². The van der Waals surface area contributed by atoms with Gasteiger partial charge in [-0.05, 0) is 12.5 Å². The number of halogens is 1. The van der Waals surface area contributed by atoms with E-state index in [1.807, 2.05) is 0 Å². The van der Waals surface area contributed by atoms with E-state index in [0.29, 0.717) is 22.2 Å². The maximum absolute atomic E-state index is 11.7. The molecule has 4 N–H and O–H groups in total. The van der Waals surface area contributed by atoms with Crippen molar-refractivity contribution in [3.05, 3.63) is 58.0 Å². The van der Waals surface area contributed by atoms with Crippen LogP contribution in [0.1, 0.15) is 49.6 Å². The number of ether oxygens (including phenoxy) is 2. The molecule has 12 heteroatoms. The van der Waals surface area contributed by atoms with Crippen molar-refractivity contribution >= 4 is 45.1 Å². The Morgan fingerprint density at radius 1 is 1.40 bits per heavy atom. The molecule has 0 bridgehead atoms. The van der Waals surface area contributed by atoms with Crippen LogP contribution < -0.4 is 5.73 Å². The molecule has 0 saturated carbocycles. The molecular weight excluding hydrogens is 569 g/mol. The van der Waals surface area contributed by atoms with Crippen molar-refractivity contribution in [1.82, 2.24) is 14.5 Å². The number of nitro groups is 1. The number of hydrogen-bond donors (Lipinski definition) is 3. The van der Waals surface area contributed by atoms with Crippen LogP contribution >= 0.6 is 22.6 Å². The van der Waals surface area contributed by atoms with Gasteiger partial charge in [0.25, 0.3) is 5.69 Å². The van der Waals surface area contributed by atoms with Crippen LogP contribution in [0.5, 0.6) is 0 Å². The van der Waals surface area contributed by atoms with Crippen LogP contribution in [0.25, 0.3) is 11.0 Å². The smallest absolute Gasteiger partial charge is 0.275 e. The summed E-state index contributed by atoms with van der Waals surface area (Å²) in [5, 5.41) is 32.0. The van der Waals surface area contributed by atoms with Gasteiger partial charge in [0.15, 0.2) is 0 Å². The molecule has 0 aliphatic carbocycles. The van der Waals surface area contributed by atoms with Crippen molar-refractivity contribution in [2.24, 2.45) is 0 Å². The standard InChI is InChI=1S/C23H28IN5O6/c1-2-5-15(24)21(14-6-3-4-7-16(14)29(32)33)34-11-13-9-28(19-8-17(31)18(10-30)35-19)23-20(13)22(25)26-12-27-23/h3-4,6-7,9,12,15,17-19,21,30-31H,2,5,8,10-11H2,1H3,(H2,25,26,27)/t15?,17?,18-,19-,21-/m1/s1. The maximum atomic E-state index is 11.7. The lowest BCUT2D eigenvalue weighted by Gasteiger charge is -2.23. The highest BCUT2D eigenvalue weighted by molar-refractivity contribution is 14.1. The van der Waals surface area contributed by atoms with Gasteiger partial charge in [-0.1, -0.05) is 48.1 Å². The summed E-state index contributed by atoms with van der Waals surface area (Å²) in [5.74, 6) is 0.270. The zero-order chi connectivity index (χ0) is 25.1. The summed E-state index contributed by atoms with van der Waals surface area (Å²) >= 11 is 2.29. The Hall–Kier alpha value is -2.39. The van der Waals surface area contributed by atoms with Gasteiger partial charge in [0.1, 0.15) is 36.2 Å². The van der Waals surface area contributed by atoms with Crippen LogP contribution in [0.3, 0.4) is 0 Å². The van der Waals surface area contributed by atoms with E-state index in [9.17, 15) is 20.3 Å². The Morgan fingerprint density at radius 3 is 2.86 bits per heavy atom. The van der Waals surface area contributed by atoms with Gasteiger partial charge in [-0.15, -0.1) is 0 Å². The van der Waals surface area contributed by atoms with E-state index < -0.39 is 24.5 Å². The van der Waals surface area contributed by atoms with E-state index in [0.717, 1.165) is 12.8 Å². The number of alkyl halides is 1. The number of rotatable bonds is 10. The number of aliphatic hydroxyl groups is 2. The molecule has 1 aromatic carbocycles. The minimum atomic E-state index is -0.807. The summed E-state index contributed by atoms with van der Waals surface area (Å²) in [5.41, 5.74) is 7.96. The highest BCUT2D eigenvalue weighted by Crippen LogP contribution is 2.38. The molecule has 0 radical (unpaired) electrons. The lowest BCUT2D eigenvalue weighted by molar-refractivity contribution is -0.386. The molecule has 3 aromatic rings. The summed E-state index contributed by atoms with van der Waals surface area (Å²) in [6.45, 7) is 1.87. The monoisotopic (exact) mass is 597 g/mol. The minimum absolute atomic E-state index is 0.000674. The predicted molar refractivity (Wildman–Crippen MR) is 137 cm³/mol. The Bertz CT molecular complexity index is 1190. The molecule has 0 spiro atoms. The van der Waals surface area contributed by atoms with Crippen molar-refractivity contribution < 1.29 is 24.6 Å². The molecule has 35 heavy (non-hydrogen) atoms. The average Bonchev–Trinajstić information content (AvgIpc) is 3.40. The third-order valence-corrected chi connectivity index (χ3v) is 7.44. The van der Waals surface area contributed by atoms with Gasteiger partial charge in [-0.25, -0.2) is 9.97 Å². The Labute approximate surface area is 215 Å². The molecule has 2 aromatic heterocycles. The van der Waals surface area contributed by atoms with Crippen molar-refractivity contribution in [1.29, 1.82) is 0 Å². The molecule has 3 heterocycles. The van der Waals surface area contributed by atoms with Crippen LogP contribution in [0.15, 0.2) is 36.8 Å². The van der Waals surface area contributed by atoms with Gasteiger partial charge in [-0.3, -0.25) is 10.1 Å². The molecule has 1 fully saturated rings. The molecule has 0 amide bonds. The SMILES string of the molecule is CCCC(I)[C@H](OCc1cn([C@H]2CC(O)[C@@H](CO)O2)c2ncnc(N)c12)c1ccccc1[N+](=O)[O-]. The number of hydrogen-bond acceptors (Lipinski definition) is 9. The molecule has 11 nitrogen and oxygen atoms in total. The fourth-order valence-electron chi connectivity index (χ4n) is 4.46. The zero-order valence-corrected chi connectivity index (χ0v) is 21.3. The second kappa shape index (κ2) is 11.1. The third-order valence-electron chi connectivity index (χ3n) is 6.16. The first kappa shape index (κ1) is 25.7. The Balaban J connectivity index is 1.68. The van der Waals surface area contributed by atoms with Crippen molar-refractivity contribution in [3.8, 4) is 0 Å². The van der Waals surface area contributed by atoms with Crippen LogP contribution in [0.2, 0.25) is 0 Å². The molecule has 5 atom stereocenters. The number of anilines is 1. The summed E-state index contributed by atoms with van der Waals surface area (Å²) in [7, 11) is 0. The number of para-hydroxylation sites is 1. The van der Waals surface area contributed by atoms with Gasteiger partial charge < -0.3 is 30.0 Å². The summed E-state index contributed by atoms with van der Waals surface area (Å²) in [6, 6.07) is 6.63. The van der Waals surface area contributed by atoms with Crippen LogP contribution in [-0.4, -0.2) is 52.4 Å². The topological polar surface area (TPSA) is 159 Å². The van der Waals surface area contributed by atoms with Gasteiger partial charge >= 0.3 is 0 Å². The van der Waals surface area contributed by atoms with Gasteiger partial charge in [-0.2, -0.15) is 0 Å². The largest absolute Gasteiger partial charge is 0.394 e. The number of nitrogens with zero attached hydrogens (tertiary/aromatic N) is 4. The first-order valence-corrected chi connectivity index (χ1v) is 12.6. The number of aromatic nitrogens is 3. The van der Waals surface area contributed by atoms with Crippen LogP contribution in [0, 0.1) is 10.1 Å². The quantitative estimate of drug-likeness (QED) is 0.138. The number of nitro benzene ring substituents is 1. The molecule has 188 valence electrons. The number of nitrogens with two attached hydrogens (primary N) is 1. The molecule has 1 saturated heterocycles. The van der Waals surface area contributed by atoms with Crippen LogP contribution in [-0.2, 0) is 16.1 Å². The Morgan fingerprint density at radius 2 is 2.17 bits per heavy atom. The second-order valence-electron chi connectivity index (χ2n) is 8.49. The van der Waals surface area contributed by atoms with Crippen molar-refractivity contribution in [2.45, 2.75) is 61.3 Å². The predicted octanol–water partition coefficient (Wildman–Crippen LogP) is 3.42. The van der Waals surface area contributed by atoms with Crippen molar-refractivity contribution in [2.75, 3.05) is 12.3 Å². The van der Waals surface area contributed by atoms with E-state index in [4.69, 9.17) is 15.2 Å². The highest BCUT2D eigenvalue weighted by atomic mass is 127. The number of nitrogen functional groups attached to an aromatic ring is 1. The van der Waals surface area contributed by atoms with E-state index >= 15 is 0 Å². The number of fused-ring (bicyclic) bond motifs is 1. The Kier molecular flexibility index (Phi) is 8.16. The fraction of sp³-hybridized carbons (Fsp3) is 0.478. The first-order valence-electron chi connectivity index (χ1n) is 11.4. The molecule has 1 aliphatic rings. The minimum Gasteiger partial charge on any atom is -0.394 e. The summed E-state index contributed by atoms with van der Waals surface area (Å²) < 4.78 is 13.9. The molecule has 4 rings (SSSR count). The second-order valence-corrected chi connectivity index (χ2v) is 10.1. The summed E-state index contributed by atoms with van der Waals surface area (Å²) in [4.78, 5) is 19.8. The van der Waals surface area contributed by atoms with E-state index in [1.54, 1.807) is 29.0 Å². The summed E-state index contributed by atoms with van der Waals surface area (Å²) in [6.07, 6.45) is 2.59. The lowest BCUT2D eigenvalue weighted by Crippen LogP contribution is -2.24. The lowest BCUT2D eigenvalue weighted by atomic mass is 10.0. The highest BCUT2D eigenvalue weighted by Gasteiger charge is 2.36. The zero-order valence-electron chi connectivity index (χ0n) is 19.2. The molecule has 2 unspecified atom stereocenters. The van der Waals surface area contributed by atoms with Gasteiger partial charge in [0.2, 0.25) is 0 Å². The van der Waals surface area contributed by atoms with Crippen molar-refractivity contribution in [3.63, 3.8) is 0 Å². The maximum Gasteiger partial charge on any atom is 0.275 e. The number of benzene rings is 1. The van der Waals surface area contributed by atoms with E-state index in [2.05, 4.69) is 39.5 Å². The average molecular weight is 597 g/mol. The third kappa shape index (κ3) is 5.26. The first-order chi connectivity index (χ1) is 16.8.